The molecule has 0 aliphatic rings. The van der Waals surface area contributed by atoms with Gasteiger partial charge in [0.05, 0.1) is 14.4 Å². The fourth-order valence-electron chi connectivity index (χ4n) is 2.47. The SMILES string of the molecule is CCCCCCCCCCCCCCCCOP(=O)([O-])[O-].[K+].[K+]. The summed E-state index contributed by atoms with van der Waals surface area (Å²) >= 11 is 0. The van der Waals surface area contributed by atoms with E-state index in [9.17, 15) is 14.4 Å². The number of hydrogen-bond donors (Lipinski definition) is 0. The van der Waals surface area contributed by atoms with E-state index in [0.29, 0.717) is 6.42 Å². The van der Waals surface area contributed by atoms with Crippen LogP contribution in [0, 0.1) is 0 Å². The third kappa shape index (κ3) is 30.4. The topological polar surface area (TPSA) is 72.4 Å². The first-order chi connectivity index (χ1) is 10.1. The van der Waals surface area contributed by atoms with Gasteiger partial charge in [-0.2, -0.15) is 0 Å². The van der Waals surface area contributed by atoms with Crippen LogP contribution in [0.15, 0.2) is 0 Å². The van der Waals surface area contributed by atoms with Gasteiger partial charge in [0.1, 0.15) is 0 Å². The maximum Gasteiger partial charge on any atom is 1.00 e. The monoisotopic (exact) mass is 398 g/mol. The average Bonchev–Trinajstić information content (AvgIpc) is 2.42. The summed E-state index contributed by atoms with van der Waals surface area (Å²) in [4.78, 5) is 20.4. The summed E-state index contributed by atoms with van der Waals surface area (Å²) in [7, 11) is -4.75. The summed E-state index contributed by atoms with van der Waals surface area (Å²) in [6, 6.07) is 0. The predicted octanol–water partition coefficient (Wildman–Crippen LogP) is -1.68. The maximum absolute atomic E-state index is 10.2. The minimum Gasteiger partial charge on any atom is -0.790 e. The van der Waals surface area contributed by atoms with E-state index in [-0.39, 0.29) is 109 Å². The zero-order valence-corrected chi connectivity index (χ0v) is 22.8. The van der Waals surface area contributed by atoms with Gasteiger partial charge in [0.15, 0.2) is 0 Å². The van der Waals surface area contributed by atoms with Gasteiger partial charge >= 0.3 is 103 Å². The normalized spacial score (nSPS) is 10.9. The second kappa shape index (κ2) is 23.4. The van der Waals surface area contributed by atoms with Gasteiger partial charge in [0.25, 0.3) is 0 Å². The van der Waals surface area contributed by atoms with Crippen molar-refractivity contribution >= 4 is 7.82 Å². The van der Waals surface area contributed by atoms with Crippen LogP contribution in [0.3, 0.4) is 0 Å². The minimum atomic E-state index is -4.75. The van der Waals surface area contributed by atoms with Gasteiger partial charge in [-0.15, -0.1) is 0 Å². The first-order valence-electron chi connectivity index (χ1n) is 8.73. The van der Waals surface area contributed by atoms with Gasteiger partial charge in [-0.25, -0.2) is 0 Å². The Kier molecular flexibility index (Phi) is 31.7. The van der Waals surface area contributed by atoms with Gasteiger partial charge in [0.2, 0.25) is 0 Å². The number of hydrogen-bond acceptors (Lipinski definition) is 4. The maximum atomic E-state index is 10.2. The zero-order chi connectivity index (χ0) is 15.8. The second-order valence-electron chi connectivity index (χ2n) is 5.88. The molecule has 0 aromatic heterocycles. The Balaban J connectivity index is -0.00000200. The fourth-order valence-corrected chi connectivity index (χ4v) is 2.83. The van der Waals surface area contributed by atoms with Crippen LogP contribution >= 0.6 is 7.82 Å². The van der Waals surface area contributed by atoms with Crippen LogP contribution < -0.4 is 113 Å². The van der Waals surface area contributed by atoms with Gasteiger partial charge in [0, 0.05) is 0 Å². The molecule has 0 heterocycles. The molecule has 128 valence electrons. The Morgan fingerprint density at radius 2 is 0.957 bits per heavy atom. The molecule has 0 aliphatic carbocycles. The van der Waals surface area contributed by atoms with Crippen LogP contribution in [0.25, 0.3) is 0 Å². The van der Waals surface area contributed by atoms with Gasteiger partial charge in [-0.05, 0) is 6.42 Å². The van der Waals surface area contributed by atoms with Crippen LogP contribution in [-0.4, -0.2) is 6.61 Å². The van der Waals surface area contributed by atoms with Crippen molar-refractivity contribution in [1.82, 2.24) is 0 Å². The van der Waals surface area contributed by atoms with Crippen LogP contribution in [0.4, 0.5) is 0 Å². The molecule has 0 fully saturated rings. The number of rotatable bonds is 16. The van der Waals surface area contributed by atoms with Crippen molar-refractivity contribution in [3.05, 3.63) is 0 Å². The molecule has 0 rings (SSSR count). The standard InChI is InChI=1S/C16H35O4P.2K/c1-2-3-4-5-6-7-8-9-10-11-12-13-14-15-16-20-21(17,18)19;;/h2-16H2,1H3,(H2,17,18,19);;/q;2*+1/p-2. The first kappa shape index (κ1) is 31.1. The van der Waals surface area contributed by atoms with Crippen molar-refractivity contribution in [3.63, 3.8) is 0 Å². The summed E-state index contributed by atoms with van der Waals surface area (Å²) in [5, 5.41) is 0. The van der Waals surface area contributed by atoms with Gasteiger partial charge in [-0.3, -0.25) is 0 Å². The third-order valence-electron chi connectivity index (χ3n) is 3.75. The Morgan fingerprint density at radius 1 is 0.652 bits per heavy atom. The van der Waals surface area contributed by atoms with E-state index < -0.39 is 7.82 Å². The molecule has 0 spiro atoms. The molecule has 0 saturated heterocycles. The Hall–Kier alpha value is 3.38. The van der Waals surface area contributed by atoms with Crippen LogP contribution in [-0.2, 0) is 9.09 Å². The molecule has 7 heteroatoms. The Labute approximate surface area is 228 Å². The van der Waals surface area contributed by atoms with Crippen molar-refractivity contribution < 1.29 is 122 Å². The molecule has 0 bridgehead atoms. The van der Waals surface area contributed by atoms with E-state index in [0.717, 1.165) is 12.8 Å². The predicted molar refractivity (Wildman–Crippen MR) is 83.9 cm³/mol. The fraction of sp³-hybridized carbons (Fsp3) is 1.00. The summed E-state index contributed by atoms with van der Waals surface area (Å²) in [5.74, 6) is 0. The van der Waals surface area contributed by atoms with Crippen molar-refractivity contribution in [1.29, 1.82) is 0 Å². The quantitative estimate of drug-likeness (QED) is 0.177. The van der Waals surface area contributed by atoms with Crippen molar-refractivity contribution in [2.45, 2.75) is 96.8 Å². The van der Waals surface area contributed by atoms with Crippen molar-refractivity contribution in [3.8, 4) is 0 Å². The van der Waals surface area contributed by atoms with E-state index in [1.807, 2.05) is 0 Å². The van der Waals surface area contributed by atoms with E-state index in [2.05, 4.69) is 11.4 Å². The molecule has 0 N–H and O–H groups in total. The summed E-state index contributed by atoms with van der Waals surface area (Å²) < 4.78 is 14.4. The second-order valence-corrected chi connectivity index (χ2v) is 7.03. The summed E-state index contributed by atoms with van der Waals surface area (Å²) in [5.41, 5.74) is 0. The molecule has 0 aliphatic heterocycles. The molecule has 0 amide bonds. The Bertz CT molecular complexity index is 262. The molecule has 0 atom stereocenters. The molecule has 0 radical (unpaired) electrons. The largest absolute Gasteiger partial charge is 1.00 e. The molecular weight excluding hydrogens is 365 g/mol. The van der Waals surface area contributed by atoms with Crippen LogP contribution in [0.2, 0.25) is 0 Å². The average molecular weight is 399 g/mol. The van der Waals surface area contributed by atoms with Gasteiger partial charge in [-0.1, -0.05) is 90.4 Å². The summed E-state index contributed by atoms with van der Waals surface area (Å²) in [6.45, 7) is 2.29. The van der Waals surface area contributed by atoms with Crippen LogP contribution in [0.1, 0.15) is 96.8 Å². The number of phosphoric ester groups is 1. The third-order valence-corrected chi connectivity index (χ3v) is 4.25. The molecule has 0 unspecified atom stereocenters. The zero-order valence-electron chi connectivity index (χ0n) is 15.7. The molecule has 4 nitrogen and oxygen atoms in total. The number of phosphoric acid groups is 1. The van der Waals surface area contributed by atoms with Crippen LogP contribution in [0.5, 0.6) is 0 Å². The first-order valence-corrected chi connectivity index (χ1v) is 10.2. The molecule has 23 heavy (non-hydrogen) atoms. The van der Waals surface area contributed by atoms with E-state index >= 15 is 0 Å². The number of unbranched alkanes of at least 4 members (excludes halogenated alkanes) is 13. The van der Waals surface area contributed by atoms with E-state index in [4.69, 9.17) is 0 Å². The van der Waals surface area contributed by atoms with Gasteiger partial charge < -0.3 is 18.9 Å². The molecule has 0 saturated carbocycles. The summed E-state index contributed by atoms with van der Waals surface area (Å²) in [6.07, 6.45) is 17.4. The minimum absolute atomic E-state index is 0. The Morgan fingerprint density at radius 3 is 1.26 bits per heavy atom. The van der Waals surface area contributed by atoms with E-state index in [1.54, 1.807) is 0 Å². The molecule has 0 aromatic rings. The van der Waals surface area contributed by atoms with E-state index in [1.165, 1.54) is 70.6 Å². The van der Waals surface area contributed by atoms with Crippen molar-refractivity contribution in [2.75, 3.05) is 6.61 Å². The molecular formula is C16H33K2O4P. The smallest absolute Gasteiger partial charge is 0.790 e. The molecule has 0 aromatic carbocycles. The van der Waals surface area contributed by atoms with Crippen molar-refractivity contribution in [2.24, 2.45) is 0 Å².